The molecule has 2 aromatic heterocycles. The van der Waals surface area contributed by atoms with Crippen LogP contribution in [0.3, 0.4) is 0 Å². The number of halogens is 4. The molecule has 1 saturated heterocycles. The van der Waals surface area contributed by atoms with E-state index in [1.807, 2.05) is 11.9 Å². The molecule has 2 N–H and O–H groups in total. The molecule has 0 bridgehead atoms. The smallest absolute Gasteiger partial charge is 0.379 e. The van der Waals surface area contributed by atoms with Crippen LogP contribution in [0.25, 0.3) is 22.4 Å². The Morgan fingerprint density at radius 3 is 2.76 bits per heavy atom. The van der Waals surface area contributed by atoms with E-state index >= 15 is 0 Å². The van der Waals surface area contributed by atoms with Gasteiger partial charge in [0.2, 0.25) is 5.89 Å². The minimum absolute atomic E-state index is 0.0448. The number of pyridine rings is 1. The second-order valence-electron chi connectivity index (χ2n) is 9.07. The number of nitrogens with zero attached hydrogens (tertiary/aromatic N) is 4. The molecule has 2 atom stereocenters. The number of hydrogen-bond acceptors (Lipinski definition) is 7. The number of likely N-dealkylation sites (tertiary alicyclic amines) is 1. The SMILES string of the molecule is C=C(c1nc(/C=C/CNC(=O)c2noc(CC)n2)cc2c(N[C@@H]3CCN(C)C[C@@H]3F)cccc12)C(F)(F)F. The highest BCUT2D eigenvalue weighted by Crippen LogP contribution is 2.37. The van der Waals surface area contributed by atoms with Crippen LogP contribution >= 0.6 is 0 Å². The maximum atomic E-state index is 14.7. The number of hydrogen-bond donors (Lipinski definition) is 2. The number of aromatic nitrogens is 3. The lowest BCUT2D eigenvalue weighted by Crippen LogP contribution is -2.46. The summed E-state index contributed by atoms with van der Waals surface area (Å²) in [5.41, 5.74) is -0.685. The average molecular weight is 533 g/mol. The quantitative estimate of drug-likeness (QED) is 0.408. The van der Waals surface area contributed by atoms with Crippen LogP contribution < -0.4 is 10.6 Å². The van der Waals surface area contributed by atoms with Crippen LogP contribution in [0.5, 0.6) is 0 Å². The molecule has 3 heterocycles. The van der Waals surface area contributed by atoms with Crippen molar-refractivity contribution in [2.75, 3.05) is 32.0 Å². The van der Waals surface area contributed by atoms with E-state index < -0.39 is 29.9 Å². The normalized spacial score (nSPS) is 18.7. The first-order valence-electron chi connectivity index (χ1n) is 12.1. The van der Waals surface area contributed by atoms with E-state index in [0.29, 0.717) is 36.4 Å². The van der Waals surface area contributed by atoms with Gasteiger partial charge in [-0.05, 0) is 31.7 Å². The molecule has 12 heteroatoms. The van der Waals surface area contributed by atoms with Gasteiger partial charge >= 0.3 is 6.18 Å². The third-order valence-electron chi connectivity index (χ3n) is 6.25. The number of anilines is 1. The number of allylic oxidation sites excluding steroid dienone is 1. The number of carbonyl (C=O) groups is 1. The number of piperidine rings is 1. The van der Waals surface area contributed by atoms with Crippen molar-refractivity contribution in [1.29, 1.82) is 0 Å². The minimum atomic E-state index is -4.69. The average Bonchev–Trinajstić information content (AvgIpc) is 3.36. The van der Waals surface area contributed by atoms with Gasteiger partial charge in [-0.15, -0.1) is 0 Å². The van der Waals surface area contributed by atoms with Crippen molar-refractivity contribution in [3.05, 3.63) is 60.0 Å². The molecule has 1 aromatic carbocycles. The Hall–Kier alpha value is -3.80. The van der Waals surface area contributed by atoms with Crippen LogP contribution in [0.2, 0.25) is 0 Å². The summed E-state index contributed by atoms with van der Waals surface area (Å²) < 4.78 is 60.5. The molecular weight excluding hydrogens is 504 g/mol. The Balaban J connectivity index is 1.62. The zero-order valence-corrected chi connectivity index (χ0v) is 21.0. The minimum Gasteiger partial charge on any atom is -0.379 e. The Bertz CT molecular complexity index is 1350. The number of rotatable bonds is 8. The molecule has 0 radical (unpaired) electrons. The molecular formula is C26H28F4N6O2. The first-order chi connectivity index (χ1) is 18.1. The van der Waals surface area contributed by atoms with E-state index in [0.717, 1.165) is 0 Å². The van der Waals surface area contributed by atoms with Gasteiger partial charge in [-0.2, -0.15) is 18.2 Å². The fourth-order valence-corrected chi connectivity index (χ4v) is 4.19. The molecule has 3 aromatic rings. The molecule has 4 rings (SSSR count). The lowest BCUT2D eigenvalue weighted by Gasteiger charge is -2.33. The van der Waals surface area contributed by atoms with E-state index in [9.17, 15) is 22.4 Å². The Morgan fingerprint density at radius 2 is 2.08 bits per heavy atom. The molecule has 38 heavy (non-hydrogen) atoms. The molecule has 1 amide bonds. The Kier molecular flexibility index (Phi) is 8.10. The van der Waals surface area contributed by atoms with Crippen LogP contribution in [0.4, 0.5) is 23.2 Å². The van der Waals surface area contributed by atoms with Crippen LogP contribution in [-0.2, 0) is 6.42 Å². The predicted octanol–water partition coefficient (Wildman–Crippen LogP) is 4.65. The topological polar surface area (TPSA) is 96.2 Å². The van der Waals surface area contributed by atoms with E-state index in [-0.39, 0.29) is 35.7 Å². The summed E-state index contributed by atoms with van der Waals surface area (Å²) >= 11 is 0. The molecule has 0 unspecified atom stereocenters. The number of benzene rings is 1. The van der Waals surface area contributed by atoms with Gasteiger partial charge in [0.15, 0.2) is 0 Å². The molecule has 8 nitrogen and oxygen atoms in total. The van der Waals surface area contributed by atoms with Crippen molar-refractivity contribution >= 4 is 34.0 Å². The van der Waals surface area contributed by atoms with Crippen LogP contribution in [-0.4, -0.2) is 71.0 Å². The molecule has 1 fully saturated rings. The van der Waals surface area contributed by atoms with Gasteiger partial charge in [0, 0.05) is 42.5 Å². The van der Waals surface area contributed by atoms with Crippen molar-refractivity contribution in [3.8, 4) is 0 Å². The third-order valence-corrected chi connectivity index (χ3v) is 6.25. The summed E-state index contributed by atoms with van der Waals surface area (Å²) in [6.45, 7) is 6.05. The molecule has 0 spiro atoms. The van der Waals surface area contributed by atoms with Gasteiger partial charge in [-0.3, -0.25) is 4.79 Å². The van der Waals surface area contributed by atoms with Crippen LogP contribution in [0.15, 0.2) is 41.4 Å². The first kappa shape index (κ1) is 27.2. The number of nitrogens with one attached hydrogen (secondary N) is 2. The maximum Gasteiger partial charge on any atom is 0.417 e. The third kappa shape index (κ3) is 6.18. The van der Waals surface area contributed by atoms with E-state index in [1.54, 1.807) is 25.1 Å². The van der Waals surface area contributed by atoms with Crippen LogP contribution in [0, 0.1) is 0 Å². The highest BCUT2D eigenvalue weighted by Gasteiger charge is 2.35. The highest BCUT2D eigenvalue weighted by atomic mass is 19.4. The second kappa shape index (κ2) is 11.3. The fraction of sp³-hybridized carbons (Fsp3) is 0.385. The number of amides is 1. The Morgan fingerprint density at radius 1 is 1.29 bits per heavy atom. The van der Waals surface area contributed by atoms with Gasteiger partial charge in [0.25, 0.3) is 11.7 Å². The largest absolute Gasteiger partial charge is 0.417 e. The second-order valence-corrected chi connectivity index (χ2v) is 9.07. The maximum absolute atomic E-state index is 14.7. The van der Waals surface area contributed by atoms with E-state index in [1.165, 1.54) is 18.2 Å². The zero-order chi connectivity index (χ0) is 27.4. The van der Waals surface area contributed by atoms with Crippen molar-refractivity contribution < 1.29 is 26.9 Å². The number of carbonyl (C=O) groups excluding carboxylic acids is 1. The summed E-state index contributed by atoms with van der Waals surface area (Å²) in [6, 6.07) is 5.99. The predicted molar refractivity (Wildman–Crippen MR) is 136 cm³/mol. The lowest BCUT2D eigenvalue weighted by atomic mass is 9.99. The number of aryl methyl sites for hydroxylation is 1. The van der Waals surface area contributed by atoms with Gasteiger partial charge in [-0.25, -0.2) is 9.37 Å². The summed E-state index contributed by atoms with van der Waals surface area (Å²) in [6.07, 6.45) is -1.76. The molecule has 202 valence electrons. The van der Waals surface area contributed by atoms with Crippen molar-refractivity contribution in [2.24, 2.45) is 0 Å². The molecule has 1 aliphatic heterocycles. The fourth-order valence-electron chi connectivity index (χ4n) is 4.19. The highest BCUT2D eigenvalue weighted by molar-refractivity contribution is 6.01. The van der Waals surface area contributed by atoms with Crippen molar-refractivity contribution in [1.82, 2.24) is 25.3 Å². The van der Waals surface area contributed by atoms with Crippen molar-refractivity contribution in [3.63, 3.8) is 0 Å². The first-order valence-corrected chi connectivity index (χ1v) is 12.1. The van der Waals surface area contributed by atoms with Gasteiger partial charge < -0.3 is 20.1 Å². The lowest BCUT2D eigenvalue weighted by molar-refractivity contribution is -0.0688. The summed E-state index contributed by atoms with van der Waals surface area (Å²) in [5.74, 6) is -0.341. The number of fused-ring (bicyclic) bond motifs is 1. The van der Waals surface area contributed by atoms with Crippen LogP contribution in [0.1, 0.15) is 41.2 Å². The van der Waals surface area contributed by atoms with Gasteiger partial charge in [0.05, 0.1) is 23.0 Å². The Labute approximate surface area is 216 Å². The zero-order valence-electron chi connectivity index (χ0n) is 21.0. The van der Waals surface area contributed by atoms with E-state index in [4.69, 9.17) is 4.52 Å². The summed E-state index contributed by atoms with van der Waals surface area (Å²) in [4.78, 5) is 22.2. The molecule has 0 saturated carbocycles. The molecule has 0 aliphatic carbocycles. The molecule has 1 aliphatic rings. The standard InChI is InChI=1S/C26H28F4N6O2/c1-4-22-34-24(35-38-22)25(37)31-11-6-7-16-13-18-17(23(32-16)15(2)26(28,29)30)8-5-9-20(18)33-21-10-12-36(3)14-19(21)27/h5-9,13,19,21,33H,2,4,10-12,14H2,1,3H3,(H,31,37)/b7-6+/t19-,21+/m0/s1. The van der Waals surface area contributed by atoms with Crippen molar-refractivity contribution in [2.45, 2.75) is 38.2 Å². The monoisotopic (exact) mass is 532 g/mol. The summed E-state index contributed by atoms with van der Waals surface area (Å²) in [5, 5.41) is 10.1. The van der Waals surface area contributed by atoms with Gasteiger partial charge in [0.1, 0.15) is 6.17 Å². The van der Waals surface area contributed by atoms with Gasteiger partial charge in [-0.1, -0.05) is 36.9 Å². The number of alkyl halides is 4. The van der Waals surface area contributed by atoms with E-state index in [2.05, 4.69) is 32.3 Å². The summed E-state index contributed by atoms with van der Waals surface area (Å²) in [7, 11) is 1.84.